The zero-order valence-electron chi connectivity index (χ0n) is 21.0. The lowest BCUT2D eigenvalue weighted by Crippen LogP contribution is -2.56. The van der Waals surface area contributed by atoms with Crippen LogP contribution in [0.15, 0.2) is 12.4 Å². The van der Waals surface area contributed by atoms with Crippen molar-refractivity contribution in [3.63, 3.8) is 0 Å². The summed E-state index contributed by atoms with van der Waals surface area (Å²) in [5.41, 5.74) is 1.26. The summed E-state index contributed by atoms with van der Waals surface area (Å²) in [6.45, 7) is 8.62. The maximum atomic E-state index is 11.4. The molecule has 4 nitrogen and oxygen atoms in total. The number of nitriles is 1. The molecule has 0 saturated heterocycles. The smallest absolute Gasteiger partial charge is 0.102 e. The highest BCUT2D eigenvalue weighted by atomic mass is 16.3. The van der Waals surface area contributed by atoms with Crippen LogP contribution in [0, 0.1) is 63.6 Å². The summed E-state index contributed by atoms with van der Waals surface area (Å²) in [4.78, 5) is 0. The van der Waals surface area contributed by atoms with Crippen molar-refractivity contribution in [2.45, 2.75) is 104 Å². The van der Waals surface area contributed by atoms with Gasteiger partial charge in [-0.15, -0.1) is 0 Å². The van der Waals surface area contributed by atoms with Crippen LogP contribution in [0.3, 0.4) is 0 Å². The maximum absolute atomic E-state index is 11.4. The van der Waals surface area contributed by atoms with E-state index in [0.29, 0.717) is 28.2 Å². The minimum atomic E-state index is -0.327. The first-order valence-electron chi connectivity index (χ1n) is 13.9. The van der Waals surface area contributed by atoms with E-state index in [9.17, 15) is 5.11 Å². The Balaban J connectivity index is 1.18. The molecule has 0 aromatic carbocycles. The van der Waals surface area contributed by atoms with Crippen molar-refractivity contribution in [1.82, 2.24) is 9.78 Å². The number of aliphatic hydroxyl groups is 1. The van der Waals surface area contributed by atoms with Crippen molar-refractivity contribution in [2.24, 2.45) is 52.3 Å². The number of hydrogen-bond donors (Lipinski definition) is 1. The molecule has 6 rings (SSSR count). The molecule has 0 spiro atoms. The molecule has 5 fully saturated rings. The van der Waals surface area contributed by atoms with E-state index in [1.54, 1.807) is 6.20 Å². The Kier molecular flexibility index (Phi) is 5.09. The van der Waals surface area contributed by atoms with Gasteiger partial charge in [-0.05, 0) is 123 Å². The van der Waals surface area contributed by atoms with Crippen LogP contribution in [0.2, 0.25) is 0 Å². The Hall–Kier alpha value is -1.34. The number of fused-ring (bicyclic) bond motifs is 5. The van der Waals surface area contributed by atoms with Gasteiger partial charge in [-0.25, -0.2) is 0 Å². The molecule has 5 aliphatic rings. The molecule has 0 amide bonds. The van der Waals surface area contributed by atoms with Crippen molar-refractivity contribution in [1.29, 1.82) is 5.26 Å². The van der Waals surface area contributed by atoms with Crippen LogP contribution in [0.1, 0.15) is 97.0 Å². The van der Waals surface area contributed by atoms with E-state index < -0.39 is 0 Å². The number of aromatic nitrogens is 2. The topological polar surface area (TPSA) is 61.8 Å². The van der Waals surface area contributed by atoms with Gasteiger partial charge in [0.2, 0.25) is 0 Å². The average Bonchev–Trinajstić information content (AvgIpc) is 3.47. The summed E-state index contributed by atoms with van der Waals surface area (Å²) in [6, 6.07) is 2.22. The van der Waals surface area contributed by atoms with Gasteiger partial charge in [-0.3, -0.25) is 4.68 Å². The fourth-order valence-corrected chi connectivity index (χ4v) is 10.2. The third kappa shape index (κ3) is 3.35. The first-order chi connectivity index (χ1) is 15.8. The first kappa shape index (κ1) is 22.1. The minimum Gasteiger partial charge on any atom is -0.390 e. The second kappa shape index (κ2) is 7.58. The molecule has 1 aromatic rings. The van der Waals surface area contributed by atoms with E-state index in [1.807, 2.05) is 10.9 Å². The van der Waals surface area contributed by atoms with Gasteiger partial charge in [-0.2, -0.15) is 10.4 Å². The summed E-state index contributed by atoms with van der Waals surface area (Å²) in [5, 5.41) is 25.0. The van der Waals surface area contributed by atoms with Crippen LogP contribution < -0.4 is 0 Å². The molecule has 4 heteroatoms. The van der Waals surface area contributed by atoms with E-state index in [-0.39, 0.29) is 5.60 Å². The van der Waals surface area contributed by atoms with Crippen molar-refractivity contribution in [2.75, 3.05) is 0 Å². The zero-order chi connectivity index (χ0) is 23.0. The predicted octanol–water partition coefficient (Wildman–Crippen LogP) is 6.19. The Labute approximate surface area is 200 Å². The Morgan fingerprint density at radius 2 is 1.79 bits per heavy atom. The fraction of sp³-hybridized carbons (Fsp3) is 0.862. The first-order valence-corrected chi connectivity index (χ1v) is 13.9. The van der Waals surface area contributed by atoms with Crippen molar-refractivity contribution in [3.8, 4) is 6.07 Å². The molecule has 0 radical (unpaired) electrons. The van der Waals surface area contributed by atoms with Gasteiger partial charge >= 0.3 is 0 Å². The van der Waals surface area contributed by atoms with Crippen LogP contribution in [0.25, 0.3) is 0 Å². The minimum absolute atomic E-state index is 0.327. The lowest BCUT2D eigenvalue weighted by molar-refractivity contribution is -0.157. The molecule has 0 bridgehead atoms. The molecule has 9 atom stereocenters. The SMILES string of the molecule is C[C@H](Cn1cc(C#N)cn1)[C@H]1CC[C@H]2[C@@H]3CC[C@@H]4C[C@@](O)(C5CC5)CC[C@]4(C)[C@H]3CC[C@]12C. The lowest BCUT2D eigenvalue weighted by atomic mass is 9.43. The van der Waals surface area contributed by atoms with Gasteiger partial charge in [0.05, 0.1) is 17.4 Å². The molecular formula is C29H43N3O. The number of hydrogen-bond acceptors (Lipinski definition) is 3. The highest BCUT2D eigenvalue weighted by molar-refractivity contribution is 5.21. The van der Waals surface area contributed by atoms with E-state index in [1.165, 1.54) is 57.8 Å². The highest BCUT2D eigenvalue weighted by Gasteiger charge is 2.62. The molecule has 5 saturated carbocycles. The van der Waals surface area contributed by atoms with E-state index in [0.717, 1.165) is 49.0 Å². The normalized spacial score (nSPS) is 47.8. The molecule has 1 aromatic heterocycles. The molecule has 5 aliphatic carbocycles. The predicted molar refractivity (Wildman–Crippen MR) is 129 cm³/mol. The highest BCUT2D eigenvalue weighted by Crippen LogP contribution is 2.69. The van der Waals surface area contributed by atoms with Crippen LogP contribution in [-0.2, 0) is 6.54 Å². The van der Waals surface area contributed by atoms with E-state index in [4.69, 9.17) is 5.26 Å². The second-order valence-electron chi connectivity index (χ2n) is 13.5. The number of rotatable bonds is 4. The average molecular weight is 450 g/mol. The zero-order valence-corrected chi connectivity index (χ0v) is 21.0. The van der Waals surface area contributed by atoms with Crippen LogP contribution in [-0.4, -0.2) is 20.5 Å². The Bertz CT molecular complexity index is 945. The van der Waals surface area contributed by atoms with E-state index in [2.05, 4.69) is 31.9 Å². The summed E-state index contributed by atoms with van der Waals surface area (Å²) in [6.07, 6.45) is 17.9. The monoisotopic (exact) mass is 449 g/mol. The van der Waals surface area contributed by atoms with Crippen molar-refractivity contribution in [3.05, 3.63) is 18.0 Å². The van der Waals surface area contributed by atoms with E-state index >= 15 is 0 Å². The Morgan fingerprint density at radius 3 is 2.52 bits per heavy atom. The molecular weight excluding hydrogens is 406 g/mol. The van der Waals surface area contributed by atoms with Gasteiger partial charge in [0.25, 0.3) is 0 Å². The molecule has 180 valence electrons. The largest absolute Gasteiger partial charge is 0.390 e. The Morgan fingerprint density at radius 1 is 1.03 bits per heavy atom. The lowest BCUT2D eigenvalue weighted by Gasteiger charge is -2.62. The standard InChI is InChI=1S/C29H43N3O/c1-19(17-32-18-20(15-30)16-31-32)24-8-9-25-23-7-6-22-14-29(33,21-4-5-21)13-12-27(22,2)26(23)10-11-28(24,25)3/h16,18-19,21-26,33H,4-14,17H2,1-3H3/t19-,22-,23+,24-,25+,26+,27+,28-,29-/m1/s1. The quantitative estimate of drug-likeness (QED) is 0.596. The van der Waals surface area contributed by atoms with Crippen LogP contribution in [0.5, 0.6) is 0 Å². The van der Waals surface area contributed by atoms with Gasteiger partial charge in [0.1, 0.15) is 6.07 Å². The van der Waals surface area contributed by atoms with Gasteiger partial charge in [0.15, 0.2) is 0 Å². The molecule has 0 unspecified atom stereocenters. The van der Waals surface area contributed by atoms with Gasteiger partial charge < -0.3 is 5.11 Å². The second-order valence-corrected chi connectivity index (χ2v) is 13.5. The fourth-order valence-electron chi connectivity index (χ4n) is 10.2. The number of nitrogens with zero attached hydrogens (tertiary/aromatic N) is 3. The third-order valence-electron chi connectivity index (χ3n) is 12.1. The third-order valence-corrected chi connectivity index (χ3v) is 12.1. The maximum Gasteiger partial charge on any atom is 0.102 e. The van der Waals surface area contributed by atoms with Crippen molar-refractivity contribution >= 4 is 0 Å². The molecule has 1 N–H and O–H groups in total. The van der Waals surface area contributed by atoms with Crippen LogP contribution >= 0.6 is 0 Å². The summed E-state index contributed by atoms with van der Waals surface area (Å²) < 4.78 is 2.00. The summed E-state index contributed by atoms with van der Waals surface area (Å²) in [5.74, 6) is 5.35. The molecule has 0 aliphatic heterocycles. The van der Waals surface area contributed by atoms with Crippen LogP contribution in [0.4, 0.5) is 0 Å². The van der Waals surface area contributed by atoms with Gasteiger partial charge in [0, 0.05) is 12.7 Å². The summed E-state index contributed by atoms with van der Waals surface area (Å²) in [7, 11) is 0. The summed E-state index contributed by atoms with van der Waals surface area (Å²) >= 11 is 0. The molecule has 1 heterocycles. The van der Waals surface area contributed by atoms with Crippen molar-refractivity contribution < 1.29 is 5.11 Å². The molecule has 33 heavy (non-hydrogen) atoms. The van der Waals surface area contributed by atoms with Gasteiger partial charge in [-0.1, -0.05) is 20.8 Å².